The predicted octanol–water partition coefficient (Wildman–Crippen LogP) is 4.81. The van der Waals surface area contributed by atoms with E-state index in [0.29, 0.717) is 22.1 Å². The van der Waals surface area contributed by atoms with Gasteiger partial charge in [0.15, 0.2) is 16.3 Å². The molecule has 1 aromatic carbocycles. The maximum atomic E-state index is 11.0. The molecule has 0 aliphatic heterocycles. The summed E-state index contributed by atoms with van der Waals surface area (Å²) < 4.78 is 6.16. The molecule has 0 aliphatic carbocycles. The second-order valence-electron chi connectivity index (χ2n) is 5.42. The number of hydrogen-bond donors (Lipinski definition) is 2. The molecule has 0 unspecified atom stereocenters. The molecular formula is C18H16BrN3O3. The molecule has 2 aromatic heterocycles. The maximum Gasteiger partial charge on any atom is 0.335 e. The number of carboxylic acid groups (broad SMARTS) is 1. The normalized spacial score (nSPS) is 10.7. The van der Waals surface area contributed by atoms with Gasteiger partial charge >= 0.3 is 5.97 Å². The molecule has 25 heavy (non-hydrogen) atoms. The summed E-state index contributed by atoms with van der Waals surface area (Å²) in [5.74, 6) is 0.789. The Kier molecular flexibility index (Phi) is 4.85. The van der Waals surface area contributed by atoms with Gasteiger partial charge in [-0.2, -0.15) is 0 Å². The third-order valence-electron chi connectivity index (χ3n) is 3.76. The SMILES string of the molecule is CCc1c(C)nc(-c2ccc(Br)o2)nc1Nc1ccc(C(=O)O)cc1. The lowest BCUT2D eigenvalue weighted by Crippen LogP contribution is -2.05. The van der Waals surface area contributed by atoms with Crippen LogP contribution in [-0.2, 0) is 6.42 Å². The molecule has 0 aliphatic rings. The Morgan fingerprint density at radius 1 is 1.20 bits per heavy atom. The Labute approximate surface area is 153 Å². The van der Waals surface area contributed by atoms with Crippen LogP contribution in [0.15, 0.2) is 45.5 Å². The Morgan fingerprint density at radius 3 is 2.48 bits per heavy atom. The van der Waals surface area contributed by atoms with Gasteiger partial charge in [0, 0.05) is 16.9 Å². The van der Waals surface area contributed by atoms with E-state index in [1.54, 1.807) is 36.4 Å². The number of benzene rings is 1. The fourth-order valence-electron chi connectivity index (χ4n) is 2.50. The second-order valence-corrected chi connectivity index (χ2v) is 6.21. The van der Waals surface area contributed by atoms with E-state index in [4.69, 9.17) is 9.52 Å². The zero-order chi connectivity index (χ0) is 18.0. The number of carbonyl (C=O) groups is 1. The minimum absolute atomic E-state index is 0.237. The van der Waals surface area contributed by atoms with E-state index >= 15 is 0 Å². The fraction of sp³-hybridized carbons (Fsp3) is 0.167. The molecule has 0 saturated carbocycles. The molecular weight excluding hydrogens is 386 g/mol. The largest absolute Gasteiger partial charge is 0.478 e. The summed E-state index contributed by atoms with van der Waals surface area (Å²) >= 11 is 3.28. The molecule has 3 aromatic rings. The molecule has 0 radical (unpaired) electrons. The highest BCUT2D eigenvalue weighted by molar-refractivity contribution is 9.10. The molecule has 7 heteroatoms. The molecule has 2 N–H and O–H groups in total. The van der Waals surface area contributed by atoms with Gasteiger partial charge in [0.25, 0.3) is 0 Å². The van der Waals surface area contributed by atoms with Crippen LogP contribution in [0.2, 0.25) is 0 Å². The highest BCUT2D eigenvalue weighted by atomic mass is 79.9. The monoisotopic (exact) mass is 401 g/mol. The molecule has 0 amide bonds. The fourth-order valence-corrected chi connectivity index (χ4v) is 2.81. The minimum atomic E-state index is -0.954. The van der Waals surface area contributed by atoms with Crippen LogP contribution in [0, 0.1) is 6.92 Å². The highest BCUT2D eigenvalue weighted by Crippen LogP contribution is 2.28. The first-order valence-corrected chi connectivity index (χ1v) is 8.51. The van der Waals surface area contributed by atoms with Gasteiger partial charge in [0.05, 0.1) is 5.56 Å². The van der Waals surface area contributed by atoms with Crippen molar-refractivity contribution in [1.82, 2.24) is 9.97 Å². The van der Waals surface area contributed by atoms with Crippen molar-refractivity contribution < 1.29 is 14.3 Å². The summed E-state index contributed by atoms with van der Waals surface area (Å²) in [5, 5.41) is 12.2. The average molecular weight is 402 g/mol. The maximum absolute atomic E-state index is 11.0. The van der Waals surface area contributed by atoms with Crippen molar-refractivity contribution in [2.75, 3.05) is 5.32 Å². The van der Waals surface area contributed by atoms with E-state index in [-0.39, 0.29) is 5.56 Å². The number of aromatic carboxylic acids is 1. The first kappa shape index (κ1) is 17.2. The summed E-state index contributed by atoms with van der Waals surface area (Å²) in [7, 11) is 0. The number of hydrogen-bond acceptors (Lipinski definition) is 5. The lowest BCUT2D eigenvalue weighted by Gasteiger charge is -2.13. The molecule has 0 spiro atoms. The van der Waals surface area contributed by atoms with Crippen LogP contribution in [0.4, 0.5) is 11.5 Å². The number of furan rings is 1. The average Bonchev–Trinajstić information content (AvgIpc) is 3.01. The van der Waals surface area contributed by atoms with Gasteiger partial charge in [0.2, 0.25) is 0 Å². The Balaban J connectivity index is 1.98. The van der Waals surface area contributed by atoms with Crippen molar-refractivity contribution in [3.63, 3.8) is 0 Å². The minimum Gasteiger partial charge on any atom is -0.478 e. The van der Waals surface area contributed by atoms with Crippen molar-refractivity contribution >= 4 is 33.4 Å². The van der Waals surface area contributed by atoms with E-state index in [1.807, 2.05) is 13.8 Å². The number of anilines is 2. The number of nitrogens with one attached hydrogen (secondary N) is 1. The standard InChI is InChI=1S/C18H16BrN3O3/c1-3-13-10(2)20-17(14-8-9-15(19)25-14)22-16(13)21-12-6-4-11(5-7-12)18(23)24/h4-9H,3H2,1-2H3,(H,23,24)(H,20,21,22). The summed E-state index contributed by atoms with van der Waals surface area (Å²) in [5.41, 5.74) is 2.85. The number of nitrogens with zero attached hydrogens (tertiary/aromatic N) is 2. The van der Waals surface area contributed by atoms with E-state index in [9.17, 15) is 4.79 Å². The quantitative estimate of drug-likeness (QED) is 0.637. The van der Waals surface area contributed by atoms with Gasteiger partial charge in [0.1, 0.15) is 5.82 Å². The van der Waals surface area contributed by atoms with Gasteiger partial charge in [-0.25, -0.2) is 14.8 Å². The molecule has 6 nitrogen and oxygen atoms in total. The van der Waals surface area contributed by atoms with E-state index in [0.717, 1.165) is 23.4 Å². The predicted molar refractivity (Wildman–Crippen MR) is 98.2 cm³/mol. The number of carboxylic acids is 1. The summed E-state index contributed by atoms with van der Waals surface area (Å²) in [6, 6.07) is 10.1. The zero-order valence-corrected chi connectivity index (χ0v) is 15.3. The van der Waals surface area contributed by atoms with Crippen LogP contribution >= 0.6 is 15.9 Å². The van der Waals surface area contributed by atoms with Crippen molar-refractivity contribution in [1.29, 1.82) is 0 Å². The molecule has 3 rings (SSSR count). The third kappa shape index (κ3) is 3.71. The molecule has 128 valence electrons. The summed E-state index contributed by atoms with van der Waals surface area (Å²) in [6.45, 7) is 3.97. The Hall–Kier alpha value is -2.67. The highest BCUT2D eigenvalue weighted by Gasteiger charge is 2.14. The number of aryl methyl sites for hydroxylation is 1. The van der Waals surface area contributed by atoms with Crippen molar-refractivity contribution in [3.8, 4) is 11.6 Å². The summed E-state index contributed by atoms with van der Waals surface area (Å²) in [6.07, 6.45) is 0.767. The smallest absolute Gasteiger partial charge is 0.335 e. The lowest BCUT2D eigenvalue weighted by molar-refractivity contribution is 0.0697. The van der Waals surface area contributed by atoms with Gasteiger partial charge in [-0.15, -0.1) is 0 Å². The first-order chi connectivity index (χ1) is 12.0. The van der Waals surface area contributed by atoms with Crippen LogP contribution in [0.1, 0.15) is 28.5 Å². The van der Waals surface area contributed by atoms with Crippen molar-refractivity contribution in [2.45, 2.75) is 20.3 Å². The van der Waals surface area contributed by atoms with Crippen LogP contribution in [0.3, 0.4) is 0 Å². The Bertz CT molecular complexity index is 920. The lowest BCUT2D eigenvalue weighted by atomic mass is 10.1. The molecule has 2 heterocycles. The van der Waals surface area contributed by atoms with Gasteiger partial charge in [-0.3, -0.25) is 0 Å². The van der Waals surface area contributed by atoms with Crippen molar-refractivity contribution in [3.05, 3.63) is 57.9 Å². The summed E-state index contributed by atoms with van der Waals surface area (Å²) in [4.78, 5) is 20.1. The second kappa shape index (κ2) is 7.06. The van der Waals surface area contributed by atoms with E-state index in [1.165, 1.54) is 0 Å². The molecule has 0 bridgehead atoms. The molecule has 0 saturated heterocycles. The molecule has 0 fully saturated rings. The zero-order valence-electron chi connectivity index (χ0n) is 13.7. The van der Waals surface area contributed by atoms with E-state index < -0.39 is 5.97 Å². The van der Waals surface area contributed by atoms with Crippen LogP contribution < -0.4 is 5.32 Å². The van der Waals surface area contributed by atoms with Gasteiger partial charge in [-0.1, -0.05) is 6.92 Å². The van der Waals surface area contributed by atoms with E-state index in [2.05, 4.69) is 31.2 Å². The van der Waals surface area contributed by atoms with Crippen LogP contribution in [0.5, 0.6) is 0 Å². The van der Waals surface area contributed by atoms with Crippen LogP contribution in [0.25, 0.3) is 11.6 Å². The number of halogens is 1. The Morgan fingerprint density at radius 2 is 1.92 bits per heavy atom. The van der Waals surface area contributed by atoms with Gasteiger partial charge in [-0.05, 0) is 65.7 Å². The number of rotatable bonds is 5. The van der Waals surface area contributed by atoms with Gasteiger partial charge < -0.3 is 14.8 Å². The first-order valence-electron chi connectivity index (χ1n) is 7.71. The van der Waals surface area contributed by atoms with Crippen LogP contribution in [-0.4, -0.2) is 21.0 Å². The van der Waals surface area contributed by atoms with Crippen molar-refractivity contribution in [2.24, 2.45) is 0 Å². The molecule has 0 atom stereocenters. The number of aromatic nitrogens is 2. The third-order valence-corrected chi connectivity index (χ3v) is 4.18. The topological polar surface area (TPSA) is 88.3 Å².